The molecule has 0 N–H and O–H groups in total. The van der Waals surface area contributed by atoms with Crippen molar-refractivity contribution in [1.82, 2.24) is 4.98 Å². The first-order valence-electron chi connectivity index (χ1n) is 2.69. The van der Waals surface area contributed by atoms with Crippen LogP contribution < -0.4 is 0 Å². The lowest BCUT2D eigenvalue weighted by molar-refractivity contribution is 0.0758. The first-order chi connectivity index (χ1) is 5.29. The van der Waals surface area contributed by atoms with Crippen LogP contribution in [-0.4, -0.2) is 11.0 Å². The summed E-state index contributed by atoms with van der Waals surface area (Å²) in [6.45, 7) is 0. The molecule has 0 saturated carbocycles. The molecule has 1 aromatic heterocycles. The van der Waals surface area contributed by atoms with Gasteiger partial charge in [0.15, 0.2) is 12.1 Å². The summed E-state index contributed by atoms with van der Waals surface area (Å²) < 4.78 is 9.24. The van der Waals surface area contributed by atoms with Crippen LogP contribution >= 0.6 is 25.4 Å². The Bertz CT molecular complexity index is 262. The Kier molecular flexibility index (Phi) is 3.02. The van der Waals surface area contributed by atoms with Gasteiger partial charge in [-0.05, 0) is 0 Å². The van der Waals surface area contributed by atoms with E-state index in [4.69, 9.17) is 4.42 Å². The lowest BCUT2D eigenvalue weighted by Crippen LogP contribution is -2.00. The summed E-state index contributed by atoms with van der Waals surface area (Å²) in [6, 6.07) is 0. The topological polar surface area (TPSA) is 52.3 Å². The largest absolute Gasteiger partial charge is 0.447 e. The van der Waals surface area contributed by atoms with Crippen LogP contribution in [0.15, 0.2) is 10.8 Å². The zero-order valence-electron chi connectivity index (χ0n) is 5.41. The van der Waals surface area contributed by atoms with Crippen molar-refractivity contribution >= 4 is 31.4 Å². The Hall–Kier alpha value is -0.410. The second kappa shape index (κ2) is 3.83. The molecule has 1 aromatic rings. The van der Waals surface area contributed by atoms with E-state index in [1.54, 1.807) is 0 Å². The summed E-state index contributed by atoms with van der Waals surface area (Å²) in [5, 5.41) is 0.447. The van der Waals surface area contributed by atoms with Gasteiger partial charge < -0.3 is 8.94 Å². The van der Waals surface area contributed by atoms with Gasteiger partial charge in [-0.2, -0.15) is 0 Å². The third-order valence-electron chi connectivity index (χ3n) is 1.06. The molecule has 60 valence electrons. The summed E-state index contributed by atoms with van der Waals surface area (Å²) in [6.07, 6.45) is 1.20. The number of aromatic nitrogens is 1. The van der Waals surface area contributed by atoms with Crippen molar-refractivity contribution in [2.45, 2.75) is 5.33 Å². The number of rotatable bonds is 2. The third-order valence-corrected chi connectivity index (χ3v) is 1.79. The first kappa shape index (κ1) is 8.68. The maximum atomic E-state index is 10.9. The van der Waals surface area contributed by atoms with Gasteiger partial charge in [0.05, 0.1) is 14.8 Å². The maximum absolute atomic E-state index is 10.9. The fourth-order valence-corrected chi connectivity index (χ4v) is 1.10. The highest BCUT2D eigenvalue weighted by molar-refractivity contribution is 9.08. The van der Waals surface area contributed by atoms with Crippen molar-refractivity contribution in [3.05, 3.63) is 17.8 Å². The van der Waals surface area contributed by atoms with E-state index in [0.717, 1.165) is 0 Å². The molecule has 1 atom stereocenters. The number of hydrogen-bond donors (Lipinski definition) is 0. The number of halogens is 1. The molecular formula is C5H5BrNO3P. The van der Waals surface area contributed by atoms with Crippen molar-refractivity contribution in [3.63, 3.8) is 0 Å². The van der Waals surface area contributed by atoms with Crippen LogP contribution in [0.4, 0.5) is 0 Å². The van der Waals surface area contributed by atoms with Crippen molar-refractivity contribution in [2.24, 2.45) is 0 Å². The standard InChI is InChI=1S/C5H5BrNO3P/c6-1-3-4(5(8)10-11)7-2-9-3/h2H,1,11H2. The van der Waals surface area contributed by atoms with Crippen LogP contribution in [0.1, 0.15) is 16.2 Å². The molecule has 1 rings (SSSR count). The molecule has 0 aliphatic carbocycles. The Morgan fingerprint density at radius 2 is 2.64 bits per heavy atom. The van der Waals surface area contributed by atoms with E-state index < -0.39 is 5.97 Å². The van der Waals surface area contributed by atoms with Crippen LogP contribution in [0.2, 0.25) is 0 Å². The molecule has 0 aliphatic rings. The Morgan fingerprint density at radius 1 is 1.91 bits per heavy atom. The van der Waals surface area contributed by atoms with Crippen LogP contribution in [0, 0.1) is 0 Å². The number of oxazole rings is 1. The molecule has 0 saturated heterocycles. The lowest BCUT2D eigenvalue weighted by Gasteiger charge is -1.93. The average molecular weight is 238 g/mol. The number of hydrogen-bond acceptors (Lipinski definition) is 4. The molecule has 0 bridgehead atoms. The van der Waals surface area contributed by atoms with Crippen molar-refractivity contribution in [1.29, 1.82) is 0 Å². The summed E-state index contributed by atoms with van der Waals surface area (Å²) in [5.41, 5.74) is 0.205. The number of carbonyl (C=O) groups excluding carboxylic acids is 1. The molecule has 0 amide bonds. The smallest absolute Gasteiger partial charge is 0.362 e. The molecule has 1 heterocycles. The lowest BCUT2D eigenvalue weighted by atomic mass is 10.4. The second-order valence-corrected chi connectivity index (χ2v) is 2.46. The molecule has 4 nitrogen and oxygen atoms in total. The van der Waals surface area contributed by atoms with Crippen LogP contribution in [-0.2, 0) is 9.85 Å². The van der Waals surface area contributed by atoms with E-state index in [2.05, 4.69) is 25.4 Å². The zero-order chi connectivity index (χ0) is 8.27. The predicted molar refractivity (Wildman–Crippen MR) is 44.3 cm³/mol. The Labute approximate surface area is 73.7 Å². The van der Waals surface area contributed by atoms with Crippen molar-refractivity contribution in [2.75, 3.05) is 0 Å². The van der Waals surface area contributed by atoms with Gasteiger partial charge >= 0.3 is 5.97 Å². The third kappa shape index (κ3) is 1.79. The van der Waals surface area contributed by atoms with E-state index in [1.165, 1.54) is 6.39 Å². The minimum atomic E-state index is -0.516. The molecule has 0 radical (unpaired) electrons. The van der Waals surface area contributed by atoms with Gasteiger partial charge in [-0.25, -0.2) is 9.78 Å². The number of carbonyl (C=O) groups is 1. The highest BCUT2D eigenvalue weighted by Crippen LogP contribution is 2.12. The molecule has 0 spiro atoms. The molecule has 11 heavy (non-hydrogen) atoms. The summed E-state index contributed by atoms with van der Waals surface area (Å²) in [5.74, 6) is -0.0457. The summed E-state index contributed by atoms with van der Waals surface area (Å²) in [4.78, 5) is 14.5. The van der Waals surface area contributed by atoms with E-state index in [1.807, 2.05) is 9.47 Å². The number of nitrogens with zero attached hydrogens (tertiary/aromatic N) is 1. The second-order valence-electron chi connectivity index (χ2n) is 1.66. The van der Waals surface area contributed by atoms with E-state index in [0.29, 0.717) is 11.1 Å². The molecule has 0 aliphatic heterocycles. The number of alkyl halides is 1. The molecule has 6 heteroatoms. The van der Waals surface area contributed by atoms with E-state index in [9.17, 15) is 4.79 Å². The minimum Gasteiger partial charge on any atom is -0.447 e. The Balaban J connectivity index is 2.92. The normalized spacial score (nSPS) is 9.64. The van der Waals surface area contributed by atoms with Gasteiger partial charge in [0.2, 0.25) is 0 Å². The zero-order valence-corrected chi connectivity index (χ0v) is 8.15. The minimum absolute atomic E-state index is 0.205. The summed E-state index contributed by atoms with van der Waals surface area (Å²) >= 11 is 3.14. The highest BCUT2D eigenvalue weighted by Gasteiger charge is 2.15. The van der Waals surface area contributed by atoms with Gasteiger partial charge in [0.25, 0.3) is 0 Å². The molecule has 0 fully saturated rings. The quantitative estimate of drug-likeness (QED) is 0.578. The highest BCUT2D eigenvalue weighted by atomic mass is 79.9. The fraction of sp³-hybridized carbons (Fsp3) is 0.200. The molecule has 0 aromatic carbocycles. The van der Waals surface area contributed by atoms with Crippen LogP contribution in [0.3, 0.4) is 0 Å². The molecule has 1 unspecified atom stereocenters. The summed E-state index contributed by atoms with van der Waals surface area (Å²) in [7, 11) is 1.86. The van der Waals surface area contributed by atoms with Gasteiger partial charge in [-0.3, -0.25) is 0 Å². The fourth-order valence-electron chi connectivity index (χ4n) is 0.588. The van der Waals surface area contributed by atoms with Gasteiger partial charge in [0, 0.05) is 0 Å². The monoisotopic (exact) mass is 237 g/mol. The first-order valence-corrected chi connectivity index (χ1v) is 4.28. The Morgan fingerprint density at radius 3 is 3.18 bits per heavy atom. The maximum Gasteiger partial charge on any atom is 0.362 e. The van der Waals surface area contributed by atoms with Crippen molar-refractivity contribution in [3.8, 4) is 0 Å². The van der Waals surface area contributed by atoms with Crippen molar-refractivity contribution < 1.29 is 13.7 Å². The van der Waals surface area contributed by atoms with Crippen LogP contribution in [0.5, 0.6) is 0 Å². The predicted octanol–water partition coefficient (Wildman–Crippen LogP) is 1.52. The van der Waals surface area contributed by atoms with Crippen LogP contribution in [0.25, 0.3) is 0 Å². The average Bonchev–Trinajstić information content (AvgIpc) is 2.50. The van der Waals surface area contributed by atoms with E-state index in [-0.39, 0.29) is 5.69 Å². The molecular weight excluding hydrogens is 233 g/mol. The van der Waals surface area contributed by atoms with Gasteiger partial charge in [-0.1, -0.05) is 15.9 Å². The van der Waals surface area contributed by atoms with Gasteiger partial charge in [-0.15, -0.1) is 0 Å². The SMILES string of the molecule is O=C(OP)c1ncoc1CBr. The van der Waals surface area contributed by atoms with Gasteiger partial charge in [0.1, 0.15) is 5.76 Å². The van der Waals surface area contributed by atoms with E-state index >= 15 is 0 Å².